The molecule has 0 aromatic heterocycles. The summed E-state index contributed by atoms with van der Waals surface area (Å²) in [6.07, 6.45) is 0.727. The maximum atomic E-state index is 12.2. The Morgan fingerprint density at radius 2 is 1.81 bits per heavy atom. The van der Waals surface area contributed by atoms with Gasteiger partial charge >= 0.3 is 12.1 Å². The van der Waals surface area contributed by atoms with Crippen LogP contribution in [0.15, 0.2) is 30.3 Å². The van der Waals surface area contributed by atoms with Gasteiger partial charge in [-0.05, 0) is 24.8 Å². The van der Waals surface area contributed by atoms with Crippen LogP contribution in [-0.4, -0.2) is 62.6 Å². The molecule has 2 atom stereocenters. The Bertz CT molecular complexity index is 816. The lowest BCUT2D eigenvalue weighted by Crippen LogP contribution is -2.49. The number of carbonyl (C=O) groups is 5. The summed E-state index contributed by atoms with van der Waals surface area (Å²) in [5, 5.41) is 9.81. The number of ether oxygens (including phenoxy) is 2. The molecule has 174 valence electrons. The van der Waals surface area contributed by atoms with Gasteiger partial charge in [-0.2, -0.15) is 0 Å². The SMILES string of the molecule is COC(=O)C(C[C@@H]1CCCNC1=O)NC(=O)CNC(=O)CNC(=O)OCc1ccccc1. The Morgan fingerprint density at radius 1 is 1.09 bits per heavy atom. The summed E-state index contributed by atoms with van der Waals surface area (Å²) in [7, 11) is 1.19. The largest absolute Gasteiger partial charge is 0.467 e. The molecule has 0 spiro atoms. The first-order valence-corrected chi connectivity index (χ1v) is 10.2. The minimum absolute atomic E-state index is 0.0602. The standard InChI is InChI=1S/C21H28N4O7/c1-31-20(29)16(10-15-8-5-9-22-19(15)28)25-18(27)12-23-17(26)11-24-21(30)32-13-14-6-3-2-4-7-14/h2-4,6-7,15-16H,5,8-13H2,1H3,(H,22,28)(H,23,26)(H,24,30)(H,25,27)/t15-,16?/m0/s1. The Kier molecular flexibility index (Phi) is 9.95. The van der Waals surface area contributed by atoms with Crippen molar-refractivity contribution in [1.29, 1.82) is 0 Å². The van der Waals surface area contributed by atoms with Crippen molar-refractivity contribution in [3.63, 3.8) is 0 Å². The van der Waals surface area contributed by atoms with Crippen molar-refractivity contribution in [1.82, 2.24) is 21.3 Å². The zero-order valence-electron chi connectivity index (χ0n) is 17.8. The molecule has 1 fully saturated rings. The number of alkyl carbamates (subject to hydrolysis) is 1. The molecule has 0 saturated carbocycles. The van der Waals surface area contributed by atoms with E-state index in [-0.39, 0.29) is 25.5 Å². The van der Waals surface area contributed by atoms with Gasteiger partial charge in [-0.25, -0.2) is 9.59 Å². The van der Waals surface area contributed by atoms with Gasteiger partial charge in [-0.3, -0.25) is 14.4 Å². The second kappa shape index (κ2) is 12.9. The lowest BCUT2D eigenvalue weighted by molar-refractivity contribution is -0.146. The highest BCUT2D eigenvalue weighted by atomic mass is 16.5. The molecule has 2 rings (SSSR count). The summed E-state index contributed by atoms with van der Waals surface area (Å²) in [5.74, 6) is -2.49. The molecule has 32 heavy (non-hydrogen) atoms. The van der Waals surface area contributed by atoms with Crippen molar-refractivity contribution >= 4 is 29.8 Å². The molecule has 11 nitrogen and oxygen atoms in total. The van der Waals surface area contributed by atoms with Crippen LogP contribution in [0.5, 0.6) is 0 Å². The summed E-state index contributed by atoms with van der Waals surface area (Å²) in [6, 6.07) is 8.03. The quantitative estimate of drug-likeness (QED) is 0.356. The predicted octanol–water partition coefficient (Wildman–Crippen LogP) is -0.397. The van der Waals surface area contributed by atoms with E-state index in [1.54, 1.807) is 12.1 Å². The zero-order valence-corrected chi connectivity index (χ0v) is 17.8. The number of nitrogens with one attached hydrogen (secondary N) is 4. The number of benzene rings is 1. The third-order valence-corrected chi connectivity index (χ3v) is 4.79. The Morgan fingerprint density at radius 3 is 2.50 bits per heavy atom. The first-order chi connectivity index (χ1) is 15.4. The molecule has 1 aromatic carbocycles. The van der Waals surface area contributed by atoms with Crippen molar-refractivity contribution < 1.29 is 33.4 Å². The molecule has 4 N–H and O–H groups in total. The maximum Gasteiger partial charge on any atom is 0.407 e. The second-order valence-electron chi connectivity index (χ2n) is 7.20. The van der Waals surface area contributed by atoms with Crippen molar-refractivity contribution in [3.05, 3.63) is 35.9 Å². The van der Waals surface area contributed by atoms with Crippen LogP contribution < -0.4 is 21.3 Å². The molecular formula is C21H28N4O7. The third-order valence-electron chi connectivity index (χ3n) is 4.79. The minimum atomic E-state index is -1.01. The molecule has 1 aromatic rings. The van der Waals surface area contributed by atoms with Crippen LogP contribution in [0.1, 0.15) is 24.8 Å². The van der Waals surface area contributed by atoms with Crippen LogP contribution in [0.25, 0.3) is 0 Å². The second-order valence-corrected chi connectivity index (χ2v) is 7.20. The molecule has 11 heteroatoms. The molecule has 4 amide bonds. The summed E-state index contributed by atoms with van der Waals surface area (Å²) >= 11 is 0. The van der Waals surface area contributed by atoms with Gasteiger partial charge in [0.25, 0.3) is 0 Å². The number of carbonyl (C=O) groups excluding carboxylic acids is 5. The fourth-order valence-corrected chi connectivity index (χ4v) is 3.11. The molecular weight excluding hydrogens is 420 g/mol. The number of hydrogen-bond donors (Lipinski definition) is 4. The fourth-order valence-electron chi connectivity index (χ4n) is 3.11. The van der Waals surface area contributed by atoms with Gasteiger partial charge in [0.1, 0.15) is 19.2 Å². The van der Waals surface area contributed by atoms with Crippen LogP contribution in [0.2, 0.25) is 0 Å². The first-order valence-electron chi connectivity index (χ1n) is 10.2. The summed E-state index contributed by atoms with van der Waals surface area (Å²) in [6.45, 7) is -0.150. The van der Waals surface area contributed by atoms with E-state index in [2.05, 4.69) is 21.3 Å². The van der Waals surface area contributed by atoms with E-state index in [0.717, 1.165) is 12.0 Å². The molecule has 1 aliphatic rings. The van der Waals surface area contributed by atoms with Crippen LogP contribution in [0.3, 0.4) is 0 Å². The van der Waals surface area contributed by atoms with Crippen LogP contribution in [0.4, 0.5) is 4.79 Å². The zero-order chi connectivity index (χ0) is 23.3. The van der Waals surface area contributed by atoms with Crippen molar-refractivity contribution in [3.8, 4) is 0 Å². The van der Waals surface area contributed by atoms with E-state index in [1.807, 2.05) is 18.2 Å². The molecule has 0 radical (unpaired) electrons. The predicted molar refractivity (Wildman–Crippen MR) is 112 cm³/mol. The van der Waals surface area contributed by atoms with Crippen LogP contribution >= 0.6 is 0 Å². The summed E-state index contributed by atoms with van der Waals surface area (Å²) in [5.41, 5.74) is 0.801. The maximum absolute atomic E-state index is 12.2. The van der Waals surface area contributed by atoms with Gasteiger partial charge in [0.15, 0.2) is 0 Å². The highest BCUT2D eigenvalue weighted by Gasteiger charge is 2.30. The number of piperidine rings is 1. The van der Waals surface area contributed by atoms with E-state index in [4.69, 9.17) is 9.47 Å². The summed E-state index contributed by atoms with van der Waals surface area (Å²) in [4.78, 5) is 59.6. The molecule has 1 unspecified atom stereocenters. The number of hydrogen-bond acceptors (Lipinski definition) is 7. The monoisotopic (exact) mass is 448 g/mol. The number of methoxy groups -OCH3 is 1. The Hall–Kier alpha value is -3.63. The normalized spacial score (nSPS) is 16.2. The first kappa shape index (κ1) is 24.6. The average molecular weight is 448 g/mol. The Balaban J connectivity index is 1.69. The fraction of sp³-hybridized carbons (Fsp3) is 0.476. The van der Waals surface area contributed by atoms with E-state index < -0.39 is 42.4 Å². The van der Waals surface area contributed by atoms with Gasteiger partial charge in [-0.15, -0.1) is 0 Å². The van der Waals surface area contributed by atoms with Crippen LogP contribution in [0, 0.1) is 5.92 Å². The average Bonchev–Trinajstić information content (AvgIpc) is 2.81. The molecule has 1 aliphatic heterocycles. The lowest BCUT2D eigenvalue weighted by Gasteiger charge is -2.25. The number of rotatable bonds is 10. The molecule has 0 aliphatic carbocycles. The van der Waals surface area contributed by atoms with E-state index in [0.29, 0.717) is 13.0 Å². The van der Waals surface area contributed by atoms with Crippen molar-refractivity contribution in [2.45, 2.75) is 31.9 Å². The van der Waals surface area contributed by atoms with Gasteiger partial charge in [-0.1, -0.05) is 30.3 Å². The lowest BCUT2D eigenvalue weighted by atomic mass is 9.91. The molecule has 0 bridgehead atoms. The minimum Gasteiger partial charge on any atom is -0.467 e. The molecule has 1 saturated heterocycles. The van der Waals surface area contributed by atoms with E-state index in [1.165, 1.54) is 7.11 Å². The van der Waals surface area contributed by atoms with Gasteiger partial charge in [0.05, 0.1) is 13.7 Å². The van der Waals surface area contributed by atoms with E-state index >= 15 is 0 Å². The highest BCUT2D eigenvalue weighted by Crippen LogP contribution is 2.18. The number of amides is 4. The topological polar surface area (TPSA) is 152 Å². The van der Waals surface area contributed by atoms with Crippen molar-refractivity contribution in [2.75, 3.05) is 26.7 Å². The number of esters is 1. The summed E-state index contributed by atoms with van der Waals surface area (Å²) < 4.78 is 9.68. The highest BCUT2D eigenvalue weighted by molar-refractivity contribution is 5.90. The van der Waals surface area contributed by atoms with Gasteiger partial charge in [0.2, 0.25) is 17.7 Å². The Labute approximate surface area is 185 Å². The van der Waals surface area contributed by atoms with Crippen molar-refractivity contribution in [2.24, 2.45) is 5.92 Å². The van der Waals surface area contributed by atoms with Gasteiger partial charge < -0.3 is 30.7 Å². The smallest absolute Gasteiger partial charge is 0.407 e. The molecule has 1 heterocycles. The third kappa shape index (κ3) is 8.62. The van der Waals surface area contributed by atoms with Gasteiger partial charge in [0, 0.05) is 12.5 Å². The van der Waals surface area contributed by atoms with E-state index in [9.17, 15) is 24.0 Å². The van der Waals surface area contributed by atoms with Crippen LogP contribution in [-0.2, 0) is 35.3 Å².